The predicted octanol–water partition coefficient (Wildman–Crippen LogP) is -0.917. The summed E-state index contributed by atoms with van der Waals surface area (Å²) in [7, 11) is 0. The molecule has 0 aromatic carbocycles. The van der Waals surface area contributed by atoms with E-state index in [-0.39, 0.29) is 25.2 Å². The lowest BCUT2D eigenvalue weighted by molar-refractivity contribution is -0.139. The summed E-state index contributed by atoms with van der Waals surface area (Å²) in [5.41, 5.74) is 33.5. The van der Waals surface area contributed by atoms with Gasteiger partial charge in [-0.3, -0.25) is 38.9 Å². The molecule has 10 aromatic heterocycles. The van der Waals surface area contributed by atoms with E-state index in [9.17, 15) is 24.0 Å². The molecule has 0 amide bonds. The van der Waals surface area contributed by atoms with E-state index in [2.05, 4.69) is 128 Å². The summed E-state index contributed by atoms with van der Waals surface area (Å²) in [6.07, 6.45) is 7.42. The number of nitrogens with two attached hydrogens (primary N) is 5. The third-order valence-corrected chi connectivity index (χ3v) is 14.6. The molecule has 10 aromatic rings. The molecule has 99 heavy (non-hydrogen) atoms. The van der Waals surface area contributed by atoms with Crippen molar-refractivity contribution in [1.82, 2.24) is 117 Å². The quantitative estimate of drug-likeness (QED) is 0.0312. The number of aliphatic carboxylic acids is 5. The molecule has 0 radical (unpaired) electrons. The van der Waals surface area contributed by atoms with Gasteiger partial charge in [-0.15, -0.1) is 125 Å². The summed E-state index contributed by atoms with van der Waals surface area (Å²) >= 11 is 3.04. The summed E-state index contributed by atoms with van der Waals surface area (Å²) in [6, 6.07) is 9.70. The first-order valence-electron chi connectivity index (χ1n) is 29.3. The maximum atomic E-state index is 10.8. The highest BCUT2D eigenvalue weighted by molar-refractivity contribution is 7.10. The van der Waals surface area contributed by atoms with Crippen LogP contribution in [0.2, 0.25) is 0 Å². The van der Waals surface area contributed by atoms with Crippen molar-refractivity contribution >= 4 is 70.1 Å². The van der Waals surface area contributed by atoms with Crippen LogP contribution in [0.5, 0.6) is 0 Å². The highest BCUT2D eigenvalue weighted by Gasteiger charge is 2.19. The van der Waals surface area contributed by atoms with Gasteiger partial charge in [-0.25, -0.2) is 0 Å². The highest BCUT2D eigenvalue weighted by atomic mass is 32.1. The summed E-state index contributed by atoms with van der Waals surface area (Å²) in [4.78, 5) is 68.0. The number of rotatable bonds is 26. The van der Waals surface area contributed by atoms with Crippen LogP contribution in [0.1, 0.15) is 95.7 Å². The zero-order valence-electron chi connectivity index (χ0n) is 53.5. The number of aryl methyl sites for hydroxylation is 5. The van der Waals surface area contributed by atoms with Crippen LogP contribution in [0, 0.1) is 34.6 Å². The molecule has 0 aliphatic heterocycles. The van der Waals surface area contributed by atoms with Crippen LogP contribution in [0.25, 0.3) is 0 Å². The van der Waals surface area contributed by atoms with Gasteiger partial charge in [-0.2, -0.15) is 0 Å². The lowest BCUT2D eigenvalue weighted by Crippen LogP contribution is -2.32. The molecule has 0 aliphatic rings. The first kappa shape index (κ1) is 76.3. The fourth-order valence-electron chi connectivity index (χ4n) is 7.57. The number of carboxylic acid groups (broad SMARTS) is 5. The third-order valence-electron chi connectivity index (χ3n) is 12.6. The van der Waals surface area contributed by atoms with Gasteiger partial charge in [0.25, 0.3) is 11.9 Å². The van der Waals surface area contributed by atoms with E-state index in [4.69, 9.17) is 54.2 Å². The number of nitrogens with one attached hydrogen (secondary N) is 2. The average Bonchev–Trinajstić information content (AvgIpc) is 1.83. The Kier molecular flexibility index (Phi) is 29.9. The van der Waals surface area contributed by atoms with Crippen LogP contribution in [0.3, 0.4) is 0 Å². The van der Waals surface area contributed by atoms with Crippen LogP contribution < -0.4 is 39.3 Å². The predicted molar refractivity (Wildman–Crippen MR) is 349 cm³/mol. The van der Waals surface area contributed by atoms with Crippen molar-refractivity contribution in [3.63, 3.8) is 0 Å². The van der Waals surface area contributed by atoms with Crippen LogP contribution in [-0.2, 0) is 81.9 Å². The highest BCUT2D eigenvalue weighted by Crippen LogP contribution is 2.21. The maximum absolute atomic E-state index is 10.8. The van der Waals surface area contributed by atoms with Gasteiger partial charge in [0.2, 0.25) is 0 Å². The van der Waals surface area contributed by atoms with Crippen molar-refractivity contribution in [1.29, 1.82) is 0 Å². The number of aromatic nitrogens is 23. The fraction of sp³-hybridized carbons (Fsp3) is 0.333. The first-order valence-corrected chi connectivity index (χ1v) is 31.0. The second kappa shape index (κ2) is 38.7. The topological polar surface area (TPSA) is 637 Å². The van der Waals surface area contributed by atoms with Crippen molar-refractivity contribution in [2.24, 2.45) is 28.7 Å². The molecule has 0 aliphatic carbocycles. The van der Waals surface area contributed by atoms with Crippen LogP contribution in [-0.4, -0.2) is 203 Å². The summed E-state index contributed by atoms with van der Waals surface area (Å²) < 4.78 is 0. The van der Waals surface area contributed by atoms with Crippen molar-refractivity contribution in [2.45, 2.75) is 123 Å². The Morgan fingerprint density at radius 3 is 1.29 bits per heavy atom. The number of carbonyl (C=O) groups is 5. The SMILES string of the molecule is Cc1nnc(Cc2cc(C[C@H](N)C(=O)O)cs2)nn1.Cc1nnc(Cc2ccc(C[C@H](N)C(=O)O)cn2)nn1.Cc1nnc(Cc2sccc2C[C@H](N)C(=O)O)nn1.Cc1nnc(NCc2ccc(C[C@H](N)C(=O)O)cn2)nn1.Cc1nnc(Nc2ccnc(C[C@H](N)C(=O)O)c2)nn1. The smallest absolute Gasteiger partial charge is 0.320 e. The molecule has 0 saturated heterocycles. The van der Waals surface area contributed by atoms with E-state index in [0.29, 0.717) is 103 Å². The number of hydrogen-bond donors (Lipinski definition) is 12. The molecule has 10 rings (SSSR count). The van der Waals surface area contributed by atoms with Crippen LogP contribution >= 0.6 is 22.7 Å². The summed E-state index contributed by atoms with van der Waals surface area (Å²) in [5, 5.41) is 130. The minimum Gasteiger partial charge on any atom is -0.480 e. The largest absolute Gasteiger partial charge is 0.480 e. The third kappa shape index (κ3) is 27.9. The maximum Gasteiger partial charge on any atom is 0.320 e. The van der Waals surface area contributed by atoms with E-state index in [0.717, 1.165) is 43.4 Å². The lowest BCUT2D eigenvalue weighted by atomic mass is 10.1. The van der Waals surface area contributed by atoms with Gasteiger partial charge in [0.15, 0.2) is 46.6 Å². The van der Waals surface area contributed by atoms with E-state index >= 15 is 0 Å². The molecule has 0 bridgehead atoms. The fourth-order valence-corrected chi connectivity index (χ4v) is 9.38. The Balaban J connectivity index is 0.000000195. The van der Waals surface area contributed by atoms with Crippen molar-refractivity contribution in [3.05, 3.63) is 174 Å². The van der Waals surface area contributed by atoms with Gasteiger partial charge in [0, 0.05) is 64.7 Å². The first-order chi connectivity index (χ1) is 47.2. The van der Waals surface area contributed by atoms with Crippen LogP contribution in [0.15, 0.2) is 77.9 Å². The molecule has 17 N–H and O–H groups in total. The molecule has 40 nitrogen and oxygen atoms in total. The van der Waals surface area contributed by atoms with Gasteiger partial charge < -0.3 is 64.8 Å². The molecule has 10 heterocycles. The zero-order valence-corrected chi connectivity index (χ0v) is 55.2. The molecular weight excluding hydrogens is 1330 g/mol. The summed E-state index contributed by atoms with van der Waals surface area (Å²) in [5.74, 6) is -0.499. The van der Waals surface area contributed by atoms with Crippen molar-refractivity contribution in [2.75, 3.05) is 10.6 Å². The van der Waals surface area contributed by atoms with E-state index in [1.54, 1.807) is 89.6 Å². The Bertz CT molecular complexity index is 4170. The number of nitrogens with zero attached hydrogens (tertiary/aromatic N) is 23. The number of anilines is 3. The van der Waals surface area contributed by atoms with Gasteiger partial charge >= 0.3 is 29.8 Å². The number of thiophene rings is 2. The molecular formula is C57H68N30O10S2. The number of hydrogen-bond acceptors (Lipinski definition) is 37. The van der Waals surface area contributed by atoms with Crippen molar-refractivity contribution in [3.8, 4) is 0 Å². The Morgan fingerprint density at radius 1 is 0.414 bits per heavy atom. The Hall–Kier alpha value is -11.7. The van der Waals surface area contributed by atoms with Crippen molar-refractivity contribution < 1.29 is 49.5 Å². The second-order valence-corrected chi connectivity index (χ2v) is 23.0. The van der Waals surface area contributed by atoms with E-state index in [1.807, 2.05) is 22.9 Å². The second-order valence-electron chi connectivity index (χ2n) is 21.0. The molecule has 518 valence electrons. The average molecular weight is 1400 g/mol. The number of carboxylic acids is 5. The lowest BCUT2D eigenvalue weighted by Gasteiger charge is -2.08. The normalized spacial score (nSPS) is 12.1. The van der Waals surface area contributed by atoms with Crippen LogP contribution in [0.4, 0.5) is 17.6 Å². The van der Waals surface area contributed by atoms with E-state index in [1.165, 1.54) is 22.7 Å². The minimum atomic E-state index is -1.07. The zero-order chi connectivity index (χ0) is 72.0. The molecule has 5 atom stereocenters. The van der Waals surface area contributed by atoms with Gasteiger partial charge in [-0.1, -0.05) is 12.1 Å². The van der Waals surface area contributed by atoms with E-state index < -0.39 is 60.1 Å². The molecule has 0 spiro atoms. The standard InChI is InChI=1S/C12H15N7O2.C12H14N6O2.C11H13N7O2.2C11H13N5O2S/c1-7-16-18-12(19-17-7)15-6-9-3-2-8(5-14-9)4-10(13)11(20)21;1-7-15-17-11(18-16-7)5-9-3-2-8(6-14-9)4-10(13)12(19)20;1-6-15-17-11(18-16-6)14-7-2-3-13-8(4-7)5-9(12)10(19)20;1-6-13-15-10(16-14-6)4-8-2-7(5-19-8)3-9(12)11(17)18;1-6-13-15-10(16-14-6)5-9-7(2-3-19-9)4-8(12)11(17)18/h2-3,5,10H,4,6,13H2,1H3,(H,20,21)(H,15,18,19);2-3,6,10H,4-5,13H2,1H3,(H,19,20);2-4,9H,5,12H2,1H3,(H,19,20)(H,13,14,17,18);2,5,9H,3-4,12H2,1H3,(H,17,18);2-3,8H,4-5,12H2,1H3,(H,17,18)/t2*10-;2*9-;8-/m00000/s1. The summed E-state index contributed by atoms with van der Waals surface area (Å²) in [6.45, 7) is 8.94. The van der Waals surface area contributed by atoms with Gasteiger partial charge in [0.05, 0.1) is 18.7 Å². The van der Waals surface area contributed by atoms with Gasteiger partial charge in [0.1, 0.15) is 30.2 Å². The molecule has 42 heteroatoms. The number of pyridine rings is 3. The molecule has 0 unspecified atom stereocenters. The minimum absolute atomic E-state index is 0.135. The van der Waals surface area contributed by atoms with Gasteiger partial charge in [-0.05, 0) is 130 Å². The Labute approximate surface area is 569 Å². The Morgan fingerprint density at radius 2 is 0.828 bits per heavy atom. The monoisotopic (exact) mass is 1400 g/mol. The molecule has 0 fully saturated rings. The molecule has 0 saturated carbocycles.